The Balaban J connectivity index is 1.01. The molecular weight excluding hydrogens is 1010 g/mol. The number of rotatable bonds is 18. The Morgan fingerprint density at radius 1 is 0.986 bits per heavy atom. The van der Waals surface area contributed by atoms with Crippen LogP contribution < -0.4 is 21.1 Å². The minimum atomic E-state index is -6.03. The maximum Gasteiger partial charge on any atom is 0.501 e. The number of aromatic amines is 1. The number of carbonyl (C=O) groups is 1. The van der Waals surface area contributed by atoms with Gasteiger partial charge in [0, 0.05) is 101 Å². The van der Waals surface area contributed by atoms with Crippen molar-refractivity contribution < 1.29 is 39.9 Å². The van der Waals surface area contributed by atoms with Crippen LogP contribution >= 0.6 is 23.4 Å². The number of aryl methyl sites for hydroxylation is 1. The molecule has 0 saturated carbocycles. The predicted molar refractivity (Wildman–Crippen MR) is 278 cm³/mol. The third kappa shape index (κ3) is 11.9. The first-order chi connectivity index (χ1) is 34.3. The molecule has 13 nitrogen and oxygen atoms in total. The number of primary amides is 1. The van der Waals surface area contributed by atoms with Gasteiger partial charge in [0.05, 0.1) is 22.3 Å². The molecule has 2 unspecified atom stereocenters. The summed E-state index contributed by atoms with van der Waals surface area (Å²) in [5.41, 5.74) is 5.22. The van der Waals surface area contributed by atoms with Crippen molar-refractivity contribution in [2.45, 2.75) is 89.7 Å². The topological polar surface area (TPSA) is 190 Å². The molecular formula is C52H59ClF3N7O6S3. The maximum absolute atomic E-state index is 14.3. The monoisotopic (exact) mass is 1070 g/mol. The van der Waals surface area contributed by atoms with Crippen LogP contribution in [0.2, 0.25) is 5.02 Å². The number of H-pyrrole nitrogens is 1. The van der Waals surface area contributed by atoms with Gasteiger partial charge in [-0.15, -0.1) is 11.8 Å². The summed E-state index contributed by atoms with van der Waals surface area (Å²) in [6, 6.07) is 25.7. The number of halogens is 4. The number of aliphatic hydroxyl groups is 1. The number of hydrogen-bond donors (Lipinski definition) is 6. The number of piperidine rings is 1. The average molecular weight is 1070 g/mol. The standard InChI is InChI=1S/C52H59ClF3N7O6S3/c1-3-51(44-31-59-34(2)49(44)50(57)65)23-19-47(43(30-51)35-9-13-37(53)14-10-35)63-28-24-58-46(32-63)36-11-15-38(16-12-36)61-72(68,69)42-17-18-45(48(29-42)71(66,67)52(54,55)56)60-39(33-70-41-7-5-4-6-8-41)20-25-62-26-21-40(64)22-27-62/h4-19,29-31,39-40,46,58-61,64H,3,20-28,32-33H2,1-2H3,(H2,57,65)/t39?,46?,51-/m1/s1. The molecule has 72 heavy (non-hydrogen) atoms. The second kappa shape index (κ2) is 22.1. The SMILES string of the molecule is CC[C@]1(c2c[nH]c(C)c2C(N)=O)C=C(c2ccc(Cl)cc2)C(N2CCNC(c3ccc(NS(=O)(=O)c4ccc(NC(CCN5CCC(O)CC5)CSc5ccccc5)c(S(=O)(=O)C(F)(F)F)c4)cc3)C2)=CC1. The lowest BCUT2D eigenvalue weighted by atomic mass is 9.69. The first kappa shape index (κ1) is 53.0. The third-order valence-electron chi connectivity index (χ3n) is 13.8. The number of alkyl halides is 3. The van der Waals surface area contributed by atoms with Gasteiger partial charge in [-0.1, -0.05) is 73.1 Å². The predicted octanol–water partition coefficient (Wildman–Crippen LogP) is 9.25. The number of aromatic nitrogens is 1. The number of nitrogens with one attached hydrogen (secondary N) is 4. The van der Waals surface area contributed by atoms with Crippen molar-refractivity contribution in [1.29, 1.82) is 0 Å². The largest absolute Gasteiger partial charge is 0.501 e. The molecule has 2 aliphatic heterocycles. The highest BCUT2D eigenvalue weighted by molar-refractivity contribution is 7.99. The van der Waals surface area contributed by atoms with E-state index >= 15 is 0 Å². The summed E-state index contributed by atoms with van der Waals surface area (Å²) in [6.07, 6.45) is 8.86. The Labute approximate surface area is 428 Å². The van der Waals surface area contributed by atoms with Crippen LogP contribution in [0.5, 0.6) is 0 Å². The summed E-state index contributed by atoms with van der Waals surface area (Å²) in [6.45, 7) is 7.60. The first-order valence-corrected chi connectivity index (χ1v) is 28.2. The molecule has 1 aliphatic carbocycles. The molecule has 1 aromatic heterocycles. The van der Waals surface area contributed by atoms with Crippen LogP contribution in [0.25, 0.3) is 5.57 Å². The fourth-order valence-electron chi connectivity index (χ4n) is 9.76. The molecule has 0 spiro atoms. The number of piperazine rings is 1. The van der Waals surface area contributed by atoms with Crippen molar-refractivity contribution in [1.82, 2.24) is 20.1 Å². The second-order valence-corrected chi connectivity index (χ2v) is 23.7. The zero-order valence-electron chi connectivity index (χ0n) is 39.9. The number of aliphatic hydroxyl groups excluding tert-OH is 1. The van der Waals surface area contributed by atoms with Crippen LogP contribution in [0.4, 0.5) is 24.5 Å². The lowest BCUT2D eigenvalue weighted by Crippen LogP contribution is -2.46. The first-order valence-electron chi connectivity index (χ1n) is 23.9. The lowest BCUT2D eigenvalue weighted by molar-refractivity contribution is -0.0435. The van der Waals surface area contributed by atoms with Gasteiger partial charge in [0.2, 0.25) is 0 Å². The Morgan fingerprint density at radius 2 is 1.69 bits per heavy atom. The molecule has 8 rings (SSSR count). The van der Waals surface area contributed by atoms with Crippen LogP contribution in [-0.2, 0) is 25.3 Å². The van der Waals surface area contributed by atoms with Crippen molar-refractivity contribution in [3.05, 3.63) is 154 Å². The van der Waals surface area contributed by atoms with Gasteiger partial charge in [-0.3, -0.25) is 9.52 Å². The normalized spacial score (nSPS) is 19.9. The fourth-order valence-corrected chi connectivity index (χ4v) is 13.0. The quantitative estimate of drug-likeness (QED) is 0.0459. The number of thioether (sulfide) groups is 1. The van der Waals surface area contributed by atoms with Crippen molar-refractivity contribution in [3.63, 3.8) is 0 Å². The van der Waals surface area contributed by atoms with Gasteiger partial charge >= 0.3 is 5.51 Å². The molecule has 1 amide bonds. The van der Waals surface area contributed by atoms with Gasteiger partial charge < -0.3 is 36.3 Å². The lowest BCUT2D eigenvalue weighted by Gasteiger charge is -2.42. The highest BCUT2D eigenvalue weighted by Crippen LogP contribution is 2.46. The molecule has 2 saturated heterocycles. The summed E-state index contributed by atoms with van der Waals surface area (Å²) in [5.74, 6) is -0.128. The van der Waals surface area contributed by atoms with E-state index in [4.69, 9.17) is 17.3 Å². The Bertz CT molecular complexity index is 3020. The van der Waals surface area contributed by atoms with E-state index in [0.717, 1.165) is 45.0 Å². The number of benzene rings is 4. The number of amides is 1. The molecule has 5 aromatic rings. The molecule has 3 atom stereocenters. The van der Waals surface area contributed by atoms with Gasteiger partial charge in [0.25, 0.3) is 25.8 Å². The summed E-state index contributed by atoms with van der Waals surface area (Å²) >= 11 is 7.79. The average Bonchev–Trinajstić information content (AvgIpc) is 3.77. The van der Waals surface area contributed by atoms with Crippen molar-refractivity contribution >= 4 is 66.1 Å². The van der Waals surface area contributed by atoms with E-state index in [9.17, 15) is 39.9 Å². The van der Waals surface area contributed by atoms with Gasteiger partial charge in [-0.25, -0.2) is 16.8 Å². The Kier molecular flexibility index (Phi) is 16.2. The number of allylic oxidation sites excluding steroid dienone is 3. The van der Waals surface area contributed by atoms with E-state index in [-0.39, 0.29) is 23.5 Å². The molecule has 4 aromatic carbocycles. The van der Waals surface area contributed by atoms with E-state index in [1.54, 1.807) is 24.3 Å². The molecule has 7 N–H and O–H groups in total. The molecule has 384 valence electrons. The van der Waals surface area contributed by atoms with E-state index < -0.39 is 52.5 Å². The van der Waals surface area contributed by atoms with Gasteiger partial charge in [0.1, 0.15) is 4.90 Å². The Hall–Kier alpha value is -5.28. The molecule has 2 fully saturated rings. The van der Waals surface area contributed by atoms with Crippen LogP contribution in [-0.4, -0.2) is 105 Å². The molecule has 3 heterocycles. The van der Waals surface area contributed by atoms with Crippen molar-refractivity contribution in [3.8, 4) is 0 Å². The van der Waals surface area contributed by atoms with Crippen LogP contribution in [0.15, 0.2) is 136 Å². The number of hydrogen-bond acceptors (Lipinski definition) is 11. The fraction of sp³-hybridized carbons (Fsp3) is 0.365. The van der Waals surface area contributed by atoms with Gasteiger partial charge in [0.15, 0.2) is 0 Å². The van der Waals surface area contributed by atoms with Crippen LogP contribution in [0.1, 0.15) is 77.8 Å². The minimum Gasteiger partial charge on any atom is -0.393 e. The highest BCUT2D eigenvalue weighted by atomic mass is 35.5. The summed E-state index contributed by atoms with van der Waals surface area (Å²) in [4.78, 5) is 19.4. The van der Waals surface area contributed by atoms with E-state index in [2.05, 4.69) is 49.2 Å². The zero-order chi connectivity index (χ0) is 51.4. The summed E-state index contributed by atoms with van der Waals surface area (Å²) in [7, 11) is -10.6. The number of nitrogens with two attached hydrogens (primary N) is 1. The maximum atomic E-state index is 14.3. The Morgan fingerprint density at radius 3 is 2.36 bits per heavy atom. The molecule has 3 aliphatic rings. The number of anilines is 2. The number of likely N-dealkylation sites (tertiary alicyclic amines) is 1. The number of sulfone groups is 1. The smallest absolute Gasteiger partial charge is 0.393 e. The molecule has 0 radical (unpaired) electrons. The molecule has 20 heteroatoms. The highest BCUT2D eigenvalue weighted by Gasteiger charge is 2.48. The number of nitrogens with zero attached hydrogens (tertiary/aromatic N) is 2. The summed E-state index contributed by atoms with van der Waals surface area (Å²) in [5, 5.41) is 17.2. The van der Waals surface area contributed by atoms with Gasteiger partial charge in [-0.2, -0.15) is 13.2 Å². The number of sulfonamides is 1. The zero-order valence-corrected chi connectivity index (χ0v) is 43.1. The van der Waals surface area contributed by atoms with E-state index in [1.165, 1.54) is 11.8 Å². The van der Waals surface area contributed by atoms with Crippen LogP contribution in [0.3, 0.4) is 0 Å². The third-order valence-corrected chi connectivity index (χ3v) is 18.2. The summed E-state index contributed by atoms with van der Waals surface area (Å²) < 4.78 is 99.7. The van der Waals surface area contributed by atoms with Gasteiger partial charge in [-0.05, 0) is 110 Å². The van der Waals surface area contributed by atoms with Crippen LogP contribution in [0, 0.1) is 6.92 Å². The van der Waals surface area contributed by atoms with E-state index in [0.29, 0.717) is 99.5 Å². The second-order valence-electron chi connectivity index (χ2n) is 18.5. The van der Waals surface area contributed by atoms with E-state index in [1.807, 2.05) is 67.7 Å². The number of carbonyl (C=O) groups excluding carboxylic acids is 1. The molecule has 0 bridgehead atoms. The van der Waals surface area contributed by atoms with Crippen molar-refractivity contribution in [2.24, 2.45) is 5.73 Å². The van der Waals surface area contributed by atoms with Crippen molar-refractivity contribution in [2.75, 3.05) is 55.1 Å². The minimum absolute atomic E-state index is 0.117.